The molecule has 6 heteroatoms. The van der Waals surface area contributed by atoms with Gasteiger partial charge in [-0.25, -0.2) is 4.39 Å². The van der Waals surface area contributed by atoms with Crippen molar-refractivity contribution in [2.75, 3.05) is 9.80 Å². The highest BCUT2D eigenvalue weighted by Gasteiger charge is 2.37. The van der Waals surface area contributed by atoms with E-state index in [1.165, 1.54) is 34.1 Å². The SMILES string of the molecule is Cc1ccccc1N1C(=O)CC(=O)N(c2ccc(F)cc2)C1=S. The second-order valence-electron chi connectivity index (χ2n) is 5.18. The number of carbonyl (C=O) groups excluding carboxylic acids is 2. The van der Waals surface area contributed by atoms with E-state index in [1.54, 1.807) is 12.1 Å². The maximum atomic E-state index is 13.1. The molecule has 0 spiro atoms. The average molecular weight is 328 g/mol. The minimum atomic E-state index is -0.420. The third-order valence-electron chi connectivity index (χ3n) is 3.63. The van der Waals surface area contributed by atoms with E-state index in [0.29, 0.717) is 11.4 Å². The molecule has 0 atom stereocenters. The van der Waals surface area contributed by atoms with Gasteiger partial charge in [0.15, 0.2) is 5.11 Å². The molecular weight excluding hydrogens is 315 g/mol. The molecule has 2 aromatic carbocycles. The summed E-state index contributed by atoms with van der Waals surface area (Å²) in [6.45, 7) is 1.86. The molecule has 0 aliphatic carbocycles. The first-order chi connectivity index (χ1) is 11.0. The fraction of sp³-hybridized carbons (Fsp3) is 0.118. The van der Waals surface area contributed by atoms with E-state index in [9.17, 15) is 14.0 Å². The van der Waals surface area contributed by atoms with E-state index in [0.717, 1.165) is 5.56 Å². The number of thiocarbonyl (C=S) groups is 1. The Labute approximate surface area is 138 Å². The van der Waals surface area contributed by atoms with Crippen LogP contribution in [-0.4, -0.2) is 16.9 Å². The van der Waals surface area contributed by atoms with Crippen molar-refractivity contribution < 1.29 is 14.0 Å². The maximum absolute atomic E-state index is 13.1. The molecule has 0 radical (unpaired) electrons. The summed E-state index contributed by atoms with van der Waals surface area (Å²) in [6, 6.07) is 12.7. The van der Waals surface area contributed by atoms with Crippen LogP contribution < -0.4 is 9.80 Å². The Hall–Kier alpha value is -2.60. The van der Waals surface area contributed by atoms with E-state index >= 15 is 0 Å². The van der Waals surface area contributed by atoms with Gasteiger partial charge in [-0.3, -0.25) is 19.4 Å². The average Bonchev–Trinajstić information content (AvgIpc) is 2.50. The summed E-state index contributed by atoms with van der Waals surface area (Å²) in [6.07, 6.45) is -0.286. The van der Waals surface area contributed by atoms with Gasteiger partial charge in [-0.15, -0.1) is 0 Å². The third kappa shape index (κ3) is 2.73. The lowest BCUT2D eigenvalue weighted by Crippen LogP contribution is -2.55. The Morgan fingerprint density at radius 3 is 2.22 bits per heavy atom. The minimum absolute atomic E-state index is 0.0761. The van der Waals surface area contributed by atoms with Crippen molar-refractivity contribution in [1.82, 2.24) is 0 Å². The van der Waals surface area contributed by atoms with E-state index in [-0.39, 0.29) is 17.4 Å². The predicted octanol–water partition coefficient (Wildman–Crippen LogP) is 3.19. The van der Waals surface area contributed by atoms with Gasteiger partial charge in [0.2, 0.25) is 11.8 Å². The van der Waals surface area contributed by atoms with Gasteiger partial charge in [-0.1, -0.05) is 18.2 Å². The number of aryl methyl sites for hydroxylation is 1. The number of amides is 2. The number of para-hydroxylation sites is 1. The minimum Gasteiger partial charge on any atom is -0.273 e. The summed E-state index contributed by atoms with van der Waals surface area (Å²) in [5.74, 6) is -1.19. The Kier molecular flexibility index (Phi) is 3.92. The smallest absolute Gasteiger partial charge is 0.242 e. The van der Waals surface area contributed by atoms with E-state index in [4.69, 9.17) is 12.2 Å². The van der Waals surface area contributed by atoms with Gasteiger partial charge in [-0.2, -0.15) is 0 Å². The molecule has 0 unspecified atom stereocenters. The fourth-order valence-corrected chi connectivity index (χ4v) is 2.90. The van der Waals surface area contributed by atoms with Crippen LogP contribution in [0.5, 0.6) is 0 Å². The van der Waals surface area contributed by atoms with Crippen LogP contribution in [0, 0.1) is 12.7 Å². The summed E-state index contributed by atoms with van der Waals surface area (Å²) in [7, 11) is 0. The van der Waals surface area contributed by atoms with Crippen LogP contribution >= 0.6 is 12.2 Å². The molecule has 1 aliphatic rings. The number of hydrogen-bond acceptors (Lipinski definition) is 3. The van der Waals surface area contributed by atoms with Crippen molar-refractivity contribution in [1.29, 1.82) is 0 Å². The first-order valence-electron chi connectivity index (χ1n) is 7.00. The molecule has 116 valence electrons. The molecule has 0 aromatic heterocycles. The number of hydrogen-bond donors (Lipinski definition) is 0. The topological polar surface area (TPSA) is 40.6 Å². The van der Waals surface area contributed by atoms with E-state index in [2.05, 4.69) is 0 Å². The molecule has 2 amide bonds. The number of rotatable bonds is 2. The summed E-state index contributed by atoms with van der Waals surface area (Å²) in [5.41, 5.74) is 1.95. The Morgan fingerprint density at radius 1 is 0.957 bits per heavy atom. The number of carbonyl (C=O) groups is 2. The molecule has 1 fully saturated rings. The molecule has 0 bridgehead atoms. The molecule has 2 aromatic rings. The molecule has 1 saturated heterocycles. The van der Waals surface area contributed by atoms with Crippen LogP contribution in [0.4, 0.5) is 15.8 Å². The molecule has 1 heterocycles. The van der Waals surface area contributed by atoms with Gasteiger partial charge in [0.1, 0.15) is 12.2 Å². The predicted molar refractivity (Wildman–Crippen MR) is 89.8 cm³/mol. The van der Waals surface area contributed by atoms with Crippen molar-refractivity contribution in [2.24, 2.45) is 0 Å². The molecule has 1 aliphatic heterocycles. The summed E-state index contributed by atoms with van der Waals surface area (Å²) in [4.78, 5) is 27.2. The van der Waals surface area contributed by atoms with Crippen LogP contribution in [0.1, 0.15) is 12.0 Å². The second-order valence-corrected chi connectivity index (χ2v) is 5.55. The molecular formula is C17H13FN2O2S. The van der Waals surface area contributed by atoms with Crippen molar-refractivity contribution in [3.8, 4) is 0 Å². The molecule has 23 heavy (non-hydrogen) atoms. The zero-order valence-corrected chi connectivity index (χ0v) is 13.1. The van der Waals surface area contributed by atoms with E-state index < -0.39 is 11.7 Å². The van der Waals surface area contributed by atoms with Crippen LogP contribution in [0.2, 0.25) is 0 Å². The van der Waals surface area contributed by atoms with Crippen LogP contribution in [0.15, 0.2) is 48.5 Å². The first-order valence-corrected chi connectivity index (χ1v) is 7.41. The molecule has 3 rings (SSSR count). The quantitative estimate of drug-likeness (QED) is 0.628. The van der Waals surface area contributed by atoms with Gasteiger partial charge in [0.25, 0.3) is 0 Å². The van der Waals surface area contributed by atoms with Gasteiger partial charge in [0, 0.05) is 0 Å². The highest BCUT2D eigenvalue weighted by Crippen LogP contribution is 2.28. The highest BCUT2D eigenvalue weighted by atomic mass is 32.1. The van der Waals surface area contributed by atoms with Crippen LogP contribution in [0.25, 0.3) is 0 Å². The Balaban J connectivity index is 2.04. The van der Waals surface area contributed by atoms with Gasteiger partial charge < -0.3 is 0 Å². The Bertz CT molecular complexity index is 804. The van der Waals surface area contributed by atoms with Crippen molar-refractivity contribution in [3.05, 3.63) is 59.9 Å². The van der Waals surface area contributed by atoms with Gasteiger partial charge in [-0.05, 0) is 55.0 Å². The van der Waals surface area contributed by atoms with Gasteiger partial charge in [0.05, 0.1) is 11.4 Å². The summed E-state index contributed by atoms with van der Waals surface area (Å²) >= 11 is 5.38. The number of halogens is 1. The highest BCUT2D eigenvalue weighted by molar-refractivity contribution is 7.81. The zero-order valence-electron chi connectivity index (χ0n) is 12.3. The molecule has 0 saturated carbocycles. The number of anilines is 2. The molecule has 4 nitrogen and oxygen atoms in total. The Morgan fingerprint density at radius 2 is 1.57 bits per heavy atom. The number of benzene rings is 2. The largest absolute Gasteiger partial charge is 0.273 e. The zero-order chi connectivity index (χ0) is 16.6. The fourth-order valence-electron chi connectivity index (χ4n) is 2.50. The van der Waals surface area contributed by atoms with Crippen molar-refractivity contribution in [2.45, 2.75) is 13.3 Å². The van der Waals surface area contributed by atoms with Crippen LogP contribution in [-0.2, 0) is 9.59 Å². The van der Waals surface area contributed by atoms with Crippen LogP contribution in [0.3, 0.4) is 0 Å². The lowest BCUT2D eigenvalue weighted by molar-refractivity contribution is -0.126. The lowest BCUT2D eigenvalue weighted by Gasteiger charge is -2.36. The molecule has 0 N–H and O–H groups in total. The normalized spacial score (nSPS) is 15.3. The third-order valence-corrected chi connectivity index (χ3v) is 3.99. The first kappa shape index (κ1) is 15.3. The lowest BCUT2D eigenvalue weighted by atomic mass is 10.1. The monoisotopic (exact) mass is 328 g/mol. The standard InChI is InChI=1S/C17H13FN2O2S/c1-11-4-2-3-5-14(11)20-16(22)10-15(21)19(17(20)23)13-8-6-12(18)7-9-13/h2-9H,10H2,1H3. The second kappa shape index (κ2) is 5.89. The van der Waals surface area contributed by atoms with Gasteiger partial charge >= 0.3 is 0 Å². The summed E-state index contributed by atoms with van der Waals surface area (Å²) < 4.78 is 13.1. The van der Waals surface area contributed by atoms with Crippen molar-refractivity contribution in [3.63, 3.8) is 0 Å². The maximum Gasteiger partial charge on any atom is 0.242 e. The number of nitrogens with zero attached hydrogens (tertiary/aromatic N) is 2. The summed E-state index contributed by atoms with van der Waals surface area (Å²) in [5, 5.41) is 0.0761. The van der Waals surface area contributed by atoms with E-state index in [1.807, 2.05) is 19.1 Å². The van der Waals surface area contributed by atoms with Crippen molar-refractivity contribution >= 4 is 40.5 Å².